The monoisotopic (exact) mass is 294 g/mol. The Labute approximate surface area is 122 Å². The Hall–Kier alpha value is -1.68. The molecule has 0 radical (unpaired) electrons. The molecule has 0 atom stereocenters. The summed E-state index contributed by atoms with van der Waals surface area (Å²) in [7, 11) is 0. The molecule has 106 valence electrons. The fourth-order valence-electron chi connectivity index (χ4n) is 2.03. The van der Waals surface area contributed by atoms with Crippen molar-refractivity contribution in [3.63, 3.8) is 0 Å². The van der Waals surface area contributed by atoms with Crippen LogP contribution in [0, 0.1) is 5.82 Å². The van der Waals surface area contributed by atoms with E-state index in [0.29, 0.717) is 17.8 Å². The van der Waals surface area contributed by atoms with Gasteiger partial charge in [0.15, 0.2) is 5.78 Å². The van der Waals surface area contributed by atoms with E-state index in [0.717, 1.165) is 12.1 Å². The van der Waals surface area contributed by atoms with Crippen LogP contribution in [0.25, 0.3) is 0 Å². The van der Waals surface area contributed by atoms with Crippen molar-refractivity contribution in [1.82, 2.24) is 9.78 Å². The number of rotatable bonds is 5. The lowest BCUT2D eigenvalue weighted by Gasteiger charge is -2.04. The minimum absolute atomic E-state index is 0.0630. The lowest BCUT2D eigenvalue weighted by atomic mass is 10.1. The number of carbonyl (C=O) groups excluding carboxylic acids is 1. The average molecular weight is 295 g/mol. The molecule has 3 nitrogen and oxygen atoms in total. The lowest BCUT2D eigenvalue weighted by Crippen LogP contribution is -2.11. The fourth-order valence-corrected chi connectivity index (χ4v) is 2.15. The van der Waals surface area contributed by atoms with Gasteiger partial charge in [0.05, 0.1) is 10.7 Å². The first-order valence-corrected chi connectivity index (χ1v) is 6.96. The minimum atomic E-state index is -0.504. The van der Waals surface area contributed by atoms with Gasteiger partial charge in [0.1, 0.15) is 11.5 Å². The van der Waals surface area contributed by atoms with Crippen molar-refractivity contribution >= 4 is 17.4 Å². The highest BCUT2D eigenvalue weighted by atomic mass is 35.5. The van der Waals surface area contributed by atoms with Crippen molar-refractivity contribution in [3.05, 3.63) is 52.1 Å². The largest absolute Gasteiger partial charge is 0.292 e. The molecular weight excluding hydrogens is 279 g/mol. The summed E-state index contributed by atoms with van der Waals surface area (Å²) in [6.07, 6.45) is 0.922. The van der Waals surface area contributed by atoms with Gasteiger partial charge in [-0.1, -0.05) is 24.6 Å². The van der Waals surface area contributed by atoms with Crippen molar-refractivity contribution in [3.8, 4) is 0 Å². The molecular formula is C15H16ClFN2O. The molecule has 0 amide bonds. The molecule has 0 bridgehead atoms. The summed E-state index contributed by atoms with van der Waals surface area (Å²) in [5, 5.41) is 4.41. The molecule has 0 fully saturated rings. The molecule has 0 aliphatic carbocycles. The SMILES string of the molecule is CCc1cc(C(=O)Cc2ccc(Cl)c(F)c2)n(CC)n1. The maximum atomic E-state index is 13.4. The maximum Gasteiger partial charge on any atom is 0.185 e. The molecule has 2 aromatic rings. The number of halogens is 2. The van der Waals surface area contributed by atoms with E-state index in [1.54, 1.807) is 16.8 Å². The van der Waals surface area contributed by atoms with Crippen molar-refractivity contribution in [2.24, 2.45) is 0 Å². The number of aryl methyl sites for hydroxylation is 2. The summed E-state index contributed by atoms with van der Waals surface area (Å²) in [4.78, 5) is 12.3. The number of Topliss-reactive ketones (excluding diaryl/α,β-unsaturated/α-hetero) is 1. The van der Waals surface area contributed by atoms with Gasteiger partial charge in [-0.05, 0) is 37.1 Å². The summed E-state index contributed by atoms with van der Waals surface area (Å²) < 4.78 is 15.1. The second-order valence-electron chi connectivity index (χ2n) is 4.54. The van der Waals surface area contributed by atoms with Gasteiger partial charge in [0.25, 0.3) is 0 Å². The van der Waals surface area contributed by atoms with Gasteiger partial charge in [0.2, 0.25) is 0 Å². The Morgan fingerprint density at radius 1 is 1.35 bits per heavy atom. The summed E-state index contributed by atoms with van der Waals surface area (Å²) in [6.45, 7) is 4.56. The van der Waals surface area contributed by atoms with Crippen LogP contribution in [0.1, 0.15) is 35.6 Å². The average Bonchev–Trinajstić information content (AvgIpc) is 2.86. The lowest BCUT2D eigenvalue weighted by molar-refractivity contribution is 0.0982. The molecule has 1 heterocycles. The van der Waals surface area contributed by atoms with E-state index in [4.69, 9.17) is 11.6 Å². The molecule has 0 aliphatic rings. The first kappa shape index (κ1) is 14.7. The zero-order valence-electron chi connectivity index (χ0n) is 11.5. The van der Waals surface area contributed by atoms with Gasteiger partial charge >= 0.3 is 0 Å². The van der Waals surface area contributed by atoms with Crippen LogP contribution in [0.5, 0.6) is 0 Å². The minimum Gasteiger partial charge on any atom is -0.292 e. The highest BCUT2D eigenvalue weighted by Gasteiger charge is 2.15. The topological polar surface area (TPSA) is 34.9 Å². The number of aromatic nitrogens is 2. The van der Waals surface area contributed by atoms with Crippen LogP contribution in [0.15, 0.2) is 24.3 Å². The Kier molecular flexibility index (Phi) is 4.55. The van der Waals surface area contributed by atoms with Crippen LogP contribution < -0.4 is 0 Å². The molecule has 1 aromatic carbocycles. The molecule has 2 rings (SSSR count). The molecule has 0 spiro atoms. The Morgan fingerprint density at radius 2 is 2.10 bits per heavy atom. The van der Waals surface area contributed by atoms with Gasteiger partial charge < -0.3 is 0 Å². The van der Waals surface area contributed by atoms with Crippen LogP contribution in [0.3, 0.4) is 0 Å². The first-order valence-electron chi connectivity index (χ1n) is 6.59. The van der Waals surface area contributed by atoms with Gasteiger partial charge in [-0.25, -0.2) is 4.39 Å². The zero-order valence-corrected chi connectivity index (χ0v) is 12.2. The van der Waals surface area contributed by atoms with Crippen molar-refractivity contribution in [1.29, 1.82) is 0 Å². The number of carbonyl (C=O) groups is 1. The number of hydrogen-bond donors (Lipinski definition) is 0. The molecule has 20 heavy (non-hydrogen) atoms. The Morgan fingerprint density at radius 3 is 2.70 bits per heavy atom. The third kappa shape index (κ3) is 3.07. The van der Waals surface area contributed by atoms with Gasteiger partial charge in [0, 0.05) is 13.0 Å². The molecule has 0 aliphatic heterocycles. The number of nitrogens with zero attached hydrogens (tertiary/aromatic N) is 2. The molecule has 1 aromatic heterocycles. The van der Waals surface area contributed by atoms with Gasteiger partial charge in [-0.2, -0.15) is 5.10 Å². The van der Waals surface area contributed by atoms with E-state index < -0.39 is 5.82 Å². The van der Waals surface area contributed by atoms with E-state index in [2.05, 4.69) is 5.10 Å². The summed E-state index contributed by atoms with van der Waals surface area (Å²) in [6, 6.07) is 6.23. The Balaban J connectivity index is 2.23. The van der Waals surface area contributed by atoms with Crippen LogP contribution >= 0.6 is 11.6 Å². The van der Waals surface area contributed by atoms with Crippen molar-refractivity contribution in [2.75, 3.05) is 0 Å². The van der Waals surface area contributed by atoms with Crippen molar-refractivity contribution in [2.45, 2.75) is 33.2 Å². The van der Waals surface area contributed by atoms with Crippen molar-refractivity contribution < 1.29 is 9.18 Å². The molecule has 5 heteroatoms. The van der Waals surface area contributed by atoms with Crippen LogP contribution in [-0.4, -0.2) is 15.6 Å². The van der Waals surface area contributed by atoms with Crippen LogP contribution in [-0.2, 0) is 19.4 Å². The predicted octanol–water partition coefficient (Wildman–Crippen LogP) is 3.68. The Bertz CT molecular complexity index is 637. The fraction of sp³-hybridized carbons (Fsp3) is 0.333. The van der Waals surface area contributed by atoms with E-state index in [9.17, 15) is 9.18 Å². The summed E-state index contributed by atoms with van der Waals surface area (Å²) >= 11 is 5.63. The van der Waals surface area contributed by atoms with Crippen LogP contribution in [0.2, 0.25) is 5.02 Å². The second kappa shape index (κ2) is 6.18. The van der Waals surface area contributed by atoms with E-state index in [1.807, 2.05) is 13.8 Å². The quantitative estimate of drug-likeness (QED) is 0.788. The highest BCUT2D eigenvalue weighted by Crippen LogP contribution is 2.17. The summed E-state index contributed by atoms with van der Waals surface area (Å²) in [5.41, 5.74) is 2.07. The van der Waals surface area contributed by atoms with Gasteiger partial charge in [-0.15, -0.1) is 0 Å². The molecule has 0 unspecified atom stereocenters. The standard InChI is InChI=1S/C15H16ClFN2O/c1-3-11-9-14(19(4-2)18-11)15(20)8-10-5-6-12(16)13(17)7-10/h5-7,9H,3-4,8H2,1-2H3. The smallest absolute Gasteiger partial charge is 0.185 e. The van der Waals surface area contributed by atoms with E-state index in [1.165, 1.54) is 12.1 Å². The zero-order chi connectivity index (χ0) is 14.7. The summed E-state index contributed by atoms with van der Waals surface area (Å²) in [5.74, 6) is -0.573. The first-order chi connectivity index (χ1) is 9.55. The van der Waals surface area contributed by atoms with Gasteiger partial charge in [-0.3, -0.25) is 9.48 Å². The second-order valence-corrected chi connectivity index (χ2v) is 4.95. The van der Waals surface area contributed by atoms with E-state index in [-0.39, 0.29) is 17.2 Å². The van der Waals surface area contributed by atoms with Crippen LogP contribution in [0.4, 0.5) is 4.39 Å². The molecule has 0 saturated carbocycles. The predicted molar refractivity (Wildman–Crippen MR) is 76.7 cm³/mol. The number of benzene rings is 1. The number of hydrogen-bond acceptors (Lipinski definition) is 2. The maximum absolute atomic E-state index is 13.4. The highest BCUT2D eigenvalue weighted by molar-refractivity contribution is 6.30. The normalized spacial score (nSPS) is 10.8. The molecule has 0 saturated heterocycles. The van der Waals surface area contributed by atoms with E-state index >= 15 is 0 Å². The number of ketones is 1. The molecule has 0 N–H and O–H groups in total. The third-order valence-corrected chi connectivity index (χ3v) is 3.43. The third-order valence-electron chi connectivity index (χ3n) is 3.13.